The van der Waals surface area contributed by atoms with Crippen LogP contribution in [0.2, 0.25) is 0 Å². The van der Waals surface area contributed by atoms with E-state index >= 15 is 0 Å². The summed E-state index contributed by atoms with van der Waals surface area (Å²) in [4.78, 5) is 30.7. The lowest BCUT2D eigenvalue weighted by Gasteiger charge is -2.35. The zero-order valence-corrected chi connectivity index (χ0v) is 14.4. The Labute approximate surface area is 148 Å². The highest BCUT2D eigenvalue weighted by atomic mass is 32.1. The number of carboxylic acid groups (broad SMARTS) is 1. The number of carboxylic acids is 1. The van der Waals surface area contributed by atoms with Gasteiger partial charge >= 0.3 is 5.97 Å². The van der Waals surface area contributed by atoms with Crippen LogP contribution in [-0.2, 0) is 4.79 Å². The fourth-order valence-electron chi connectivity index (χ4n) is 3.64. The minimum atomic E-state index is -1.12. The van der Waals surface area contributed by atoms with Crippen LogP contribution in [0.25, 0.3) is 0 Å². The monoisotopic (exact) mass is 359 g/mol. The number of para-hydroxylation sites is 1. The molecule has 0 saturated carbocycles. The van der Waals surface area contributed by atoms with Gasteiger partial charge in [-0.25, -0.2) is 4.98 Å². The Hall–Kier alpha value is -2.61. The third kappa shape index (κ3) is 2.36. The van der Waals surface area contributed by atoms with Crippen molar-refractivity contribution in [2.45, 2.75) is 5.92 Å². The highest BCUT2D eigenvalue weighted by molar-refractivity contribution is 7.13. The second-order valence-corrected chi connectivity index (χ2v) is 7.17. The Morgan fingerprint density at radius 3 is 2.96 bits per heavy atom. The minimum Gasteiger partial charge on any atom is -0.492 e. The number of benzene rings is 1. The number of thiazole rings is 1. The summed E-state index contributed by atoms with van der Waals surface area (Å²) in [5, 5.41) is 15.1. The summed E-state index contributed by atoms with van der Waals surface area (Å²) < 4.78 is 5.71. The molecule has 1 fully saturated rings. The molecule has 1 aromatic heterocycles. The SMILES string of the molecule is CNc1nc(C(=O)N2C[C@@H]3c4ccccc4OC[C@]3(C(=O)O)C2)cs1. The van der Waals surface area contributed by atoms with Crippen molar-refractivity contribution in [3.8, 4) is 5.75 Å². The number of rotatable bonds is 3. The van der Waals surface area contributed by atoms with Gasteiger partial charge in [-0.2, -0.15) is 0 Å². The smallest absolute Gasteiger partial charge is 0.315 e. The third-order valence-electron chi connectivity index (χ3n) is 4.97. The largest absolute Gasteiger partial charge is 0.492 e. The number of carbonyl (C=O) groups is 2. The molecule has 130 valence electrons. The van der Waals surface area contributed by atoms with Crippen LogP contribution < -0.4 is 10.1 Å². The van der Waals surface area contributed by atoms with E-state index in [-0.39, 0.29) is 25.0 Å². The first-order valence-corrected chi connectivity index (χ1v) is 8.81. The van der Waals surface area contributed by atoms with Crippen molar-refractivity contribution in [3.63, 3.8) is 0 Å². The fraction of sp³-hybridized carbons (Fsp3) is 0.353. The molecule has 0 aliphatic carbocycles. The summed E-state index contributed by atoms with van der Waals surface area (Å²) in [6, 6.07) is 7.45. The van der Waals surface area contributed by atoms with Crippen molar-refractivity contribution in [1.29, 1.82) is 0 Å². The first-order chi connectivity index (χ1) is 12.0. The van der Waals surface area contributed by atoms with Crippen molar-refractivity contribution in [1.82, 2.24) is 9.88 Å². The van der Waals surface area contributed by atoms with E-state index in [2.05, 4.69) is 10.3 Å². The lowest BCUT2D eigenvalue weighted by atomic mass is 9.73. The number of ether oxygens (including phenoxy) is 1. The van der Waals surface area contributed by atoms with E-state index in [0.29, 0.717) is 23.1 Å². The van der Waals surface area contributed by atoms with Gasteiger partial charge in [0, 0.05) is 37.0 Å². The van der Waals surface area contributed by atoms with Crippen LogP contribution in [0.5, 0.6) is 5.75 Å². The predicted molar refractivity (Wildman–Crippen MR) is 92.3 cm³/mol. The zero-order valence-electron chi connectivity index (χ0n) is 13.6. The Kier molecular flexibility index (Phi) is 3.64. The van der Waals surface area contributed by atoms with E-state index in [1.54, 1.807) is 17.3 Å². The highest BCUT2D eigenvalue weighted by Crippen LogP contribution is 2.49. The molecule has 25 heavy (non-hydrogen) atoms. The molecule has 7 nitrogen and oxygen atoms in total. The maximum atomic E-state index is 12.8. The molecule has 2 aromatic rings. The Balaban J connectivity index is 1.69. The maximum absolute atomic E-state index is 12.8. The number of aromatic nitrogens is 1. The second kappa shape index (κ2) is 5.73. The molecular formula is C17H17N3O4S. The molecule has 2 aliphatic heterocycles. The number of anilines is 1. The van der Waals surface area contributed by atoms with E-state index in [1.165, 1.54) is 11.3 Å². The molecule has 3 heterocycles. The number of nitrogens with one attached hydrogen (secondary N) is 1. The summed E-state index contributed by atoms with van der Waals surface area (Å²) >= 11 is 1.35. The Morgan fingerprint density at radius 1 is 1.44 bits per heavy atom. The Bertz CT molecular complexity index is 852. The summed E-state index contributed by atoms with van der Waals surface area (Å²) in [6.45, 7) is 0.525. The molecule has 2 N–H and O–H groups in total. The average Bonchev–Trinajstić information content (AvgIpc) is 3.26. The van der Waals surface area contributed by atoms with Crippen molar-refractivity contribution in [2.75, 3.05) is 32.1 Å². The molecule has 2 atom stereocenters. The normalized spacial score (nSPS) is 24.2. The van der Waals surface area contributed by atoms with Crippen molar-refractivity contribution in [3.05, 3.63) is 40.9 Å². The molecular weight excluding hydrogens is 342 g/mol. The first kappa shape index (κ1) is 15.9. The van der Waals surface area contributed by atoms with Crippen LogP contribution in [0.15, 0.2) is 29.6 Å². The number of nitrogens with zero attached hydrogens (tertiary/aromatic N) is 2. The lowest BCUT2D eigenvalue weighted by Crippen LogP contribution is -2.46. The molecule has 2 aliphatic rings. The van der Waals surface area contributed by atoms with Crippen LogP contribution in [0.4, 0.5) is 5.13 Å². The molecule has 0 radical (unpaired) electrons. The predicted octanol–water partition coefficient (Wildman–Crippen LogP) is 1.89. The Morgan fingerprint density at radius 2 is 2.24 bits per heavy atom. The van der Waals surface area contributed by atoms with E-state index in [0.717, 1.165) is 5.56 Å². The molecule has 4 rings (SSSR count). The second-order valence-electron chi connectivity index (χ2n) is 6.31. The standard InChI is InChI=1S/C17H17N3O4S/c1-18-16-19-12(7-25-16)14(21)20-6-11-10-4-2-3-5-13(10)24-9-17(11,8-20)15(22)23/h2-5,7,11H,6,8-9H2,1H3,(H,18,19)(H,22,23)/t11-,17-/m1/s1. The van der Waals surface area contributed by atoms with Gasteiger partial charge in [0.05, 0.1) is 0 Å². The number of hydrogen-bond donors (Lipinski definition) is 2. The highest BCUT2D eigenvalue weighted by Gasteiger charge is 2.57. The lowest BCUT2D eigenvalue weighted by molar-refractivity contribution is -0.151. The maximum Gasteiger partial charge on any atom is 0.315 e. The van der Waals surface area contributed by atoms with Crippen LogP contribution in [-0.4, -0.2) is 53.6 Å². The van der Waals surface area contributed by atoms with Crippen LogP contribution >= 0.6 is 11.3 Å². The number of likely N-dealkylation sites (tertiary alicyclic amines) is 1. The summed E-state index contributed by atoms with van der Waals surface area (Å²) in [5.41, 5.74) is 0.0645. The van der Waals surface area contributed by atoms with Crippen molar-refractivity contribution >= 4 is 28.3 Å². The van der Waals surface area contributed by atoms with Crippen molar-refractivity contribution in [2.24, 2.45) is 5.41 Å². The van der Waals surface area contributed by atoms with Gasteiger partial charge < -0.3 is 20.1 Å². The number of hydrogen-bond acceptors (Lipinski definition) is 6. The summed E-state index contributed by atoms with van der Waals surface area (Å²) in [6.07, 6.45) is 0. The fourth-order valence-corrected chi connectivity index (χ4v) is 4.29. The van der Waals surface area contributed by atoms with Gasteiger partial charge in [0.15, 0.2) is 5.13 Å². The van der Waals surface area contributed by atoms with Crippen LogP contribution in [0, 0.1) is 5.41 Å². The van der Waals surface area contributed by atoms with E-state index in [4.69, 9.17) is 4.74 Å². The number of carbonyl (C=O) groups excluding carboxylic acids is 1. The number of fused-ring (bicyclic) bond motifs is 3. The van der Waals surface area contributed by atoms with Crippen LogP contribution in [0.3, 0.4) is 0 Å². The molecule has 8 heteroatoms. The average molecular weight is 359 g/mol. The molecule has 0 bridgehead atoms. The van der Waals surface area contributed by atoms with Gasteiger partial charge in [0.25, 0.3) is 5.91 Å². The molecule has 1 amide bonds. The topological polar surface area (TPSA) is 91.8 Å². The molecule has 1 aromatic carbocycles. The first-order valence-electron chi connectivity index (χ1n) is 7.93. The number of aliphatic carboxylic acids is 1. The van der Waals surface area contributed by atoms with Gasteiger partial charge in [-0.1, -0.05) is 18.2 Å². The quantitative estimate of drug-likeness (QED) is 0.870. The van der Waals surface area contributed by atoms with E-state index in [1.807, 2.05) is 24.3 Å². The van der Waals surface area contributed by atoms with Crippen LogP contribution in [0.1, 0.15) is 22.0 Å². The molecule has 0 unspecified atom stereocenters. The van der Waals surface area contributed by atoms with Gasteiger partial charge in [-0.3, -0.25) is 9.59 Å². The summed E-state index contributed by atoms with van der Waals surface area (Å²) in [7, 11) is 1.74. The van der Waals surface area contributed by atoms with E-state index < -0.39 is 11.4 Å². The van der Waals surface area contributed by atoms with Crippen molar-refractivity contribution < 1.29 is 19.4 Å². The zero-order chi connectivity index (χ0) is 17.6. The third-order valence-corrected chi connectivity index (χ3v) is 5.83. The van der Waals surface area contributed by atoms with Gasteiger partial charge in [0.2, 0.25) is 0 Å². The van der Waals surface area contributed by atoms with E-state index in [9.17, 15) is 14.7 Å². The molecule has 0 spiro atoms. The summed E-state index contributed by atoms with van der Waals surface area (Å²) in [5.74, 6) is -0.771. The minimum absolute atomic E-state index is 0.0621. The number of amides is 1. The van der Waals surface area contributed by atoms with Gasteiger partial charge in [-0.15, -0.1) is 11.3 Å². The van der Waals surface area contributed by atoms with Gasteiger partial charge in [0.1, 0.15) is 23.5 Å². The molecule has 1 saturated heterocycles. The van der Waals surface area contributed by atoms with Gasteiger partial charge in [-0.05, 0) is 6.07 Å².